The highest BCUT2D eigenvalue weighted by atomic mass is 16.7. The Balaban J connectivity index is 1.43. The second-order valence-corrected chi connectivity index (χ2v) is 9.32. The van der Waals surface area contributed by atoms with Crippen LogP contribution >= 0.6 is 0 Å². The van der Waals surface area contributed by atoms with E-state index < -0.39 is 41.3 Å². The van der Waals surface area contributed by atoms with Crippen LogP contribution in [0.4, 0.5) is 5.69 Å². The lowest BCUT2D eigenvalue weighted by Crippen LogP contribution is -2.54. The van der Waals surface area contributed by atoms with Crippen LogP contribution in [0.1, 0.15) is 30.5 Å². The third-order valence-electron chi connectivity index (χ3n) is 7.54. The number of benzene rings is 2. The number of rotatable bonds is 4. The van der Waals surface area contributed by atoms with Crippen LogP contribution in [0.25, 0.3) is 0 Å². The first-order valence-electron chi connectivity index (χ1n) is 11.5. The van der Waals surface area contributed by atoms with Gasteiger partial charge in [-0.1, -0.05) is 31.2 Å². The molecule has 2 aromatic carbocycles. The minimum absolute atomic E-state index is 0.0490. The van der Waals surface area contributed by atoms with E-state index in [-0.39, 0.29) is 19.2 Å². The van der Waals surface area contributed by atoms with Crippen LogP contribution in [0.3, 0.4) is 0 Å². The third-order valence-corrected chi connectivity index (χ3v) is 7.54. The molecule has 2 saturated heterocycles. The van der Waals surface area contributed by atoms with Crippen molar-refractivity contribution in [1.29, 1.82) is 0 Å². The number of ether oxygens (including phenoxy) is 2. The number of anilines is 1. The molecule has 3 N–H and O–H groups in total. The van der Waals surface area contributed by atoms with E-state index in [2.05, 4.69) is 10.6 Å². The van der Waals surface area contributed by atoms with Crippen LogP contribution in [0, 0.1) is 11.8 Å². The Kier molecular flexibility index (Phi) is 4.53. The molecule has 0 bridgehead atoms. The summed E-state index contributed by atoms with van der Waals surface area (Å²) in [7, 11) is 0. The highest BCUT2D eigenvalue weighted by Gasteiger charge is 2.71. The standard InChI is InChI=1S/C25H25N3O6/c1-3-14-5-4-6-15-21(14)26-24(32)25(15)19-18(20(27-25)12(2)29)22(30)28(23(19)31)10-13-7-8-16-17(9-13)34-11-33-16/h4-9,12,18-20,27,29H,3,10-11H2,1-2H3,(H,26,32)/t12-,18+,19+,20+,25-/m1/s1. The smallest absolute Gasteiger partial charge is 0.250 e. The number of hydrogen-bond acceptors (Lipinski definition) is 7. The number of carbonyl (C=O) groups is 3. The molecule has 1 spiro atoms. The fourth-order valence-electron chi connectivity index (χ4n) is 5.97. The van der Waals surface area contributed by atoms with Gasteiger partial charge in [-0.3, -0.25) is 24.6 Å². The van der Waals surface area contributed by atoms with Crippen molar-refractivity contribution in [3.63, 3.8) is 0 Å². The van der Waals surface area contributed by atoms with E-state index in [1.165, 1.54) is 4.90 Å². The van der Waals surface area contributed by atoms with Gasteiger partial charge in [0, 0.05) is 17.3 Å². The second kappa shape index (κ2) is 7.28. The molecular weight excluding hydrogens is 438 g/mol. The summed E-state index contributed by atoms with van der Waals surface area (Å²) in [6, 6.07) is 10.2. The number of likely N-dealkylation sites (tertiary alicyclic amines) is 1. The number of imide groups is 1. The molecule has 9 nitrogen and oxygen atoms in total. The maximum absolute atomic E-state index is 13.8. The van der Waals surface area contributed by atoms with Gasteiger partial charge in [-0.25, -0.2) is 0 Å². The Labute approximate surface area is 196 Å². The maximum Gasteiger partial charge on any atom is 0.250 e. The number of fused-ring (bicyclic) bond motifs is 5. The zero-order valence-electron chi connectivity index (χ0n) is 18.8. The molecule has 4 heterocycles. The number of carbonyl (C=O) groups excluding carboxylic acids is 3. The van der Waals surface area contributed by atoms with Crippen molar-refractivity contribution in [3.8, 4) is 11.5 Å². The van der Waals surface area contributed by atoms with Crippen molar-refractivity contribution in [2.45, 2.75) is 44.5 Å². The molecule has 0 aromatic heterocycles. The fraction of sp³-hybridized carbons (Fsp3) is 0.400. The molecule has 6 rings (SSSR count). The van der Waals surface area contributed by atoms with Gasteiger partial charge in [0.1, 0.15) is 5.54 Å². The first-order valence-corrected chi connectivity index (χ1v) is 11.5. The maximum atomic E-state index is 13.8. The minimum atomic E-state index is -1.41. The summed E-state index contributed by atoms with van der Waals surface area (Å²) >= 11 is 0. The van der Waals surface area contributed by atoms with Gasteiger partial charge in [0.25, 0.3) is 0 Å². The number of aliphatic hydroxyl groups is 1. The number of amides is 3. The molecule has 4 aliphatic rings. The molecule has 2 fully saturated rings. The van der Waals surface area contributed by atoms with Crippen molar-refractivity contribution in [2.24, 2.45) is 11.8 Å². The Morgan fingerprint density at radius 2 is 1.94 bits per heavy atom. The van der Waals surface area contributed by atoms with E-state index in [0.717, 1.165) is 5.56 Å². The molecule has 176 valence electrons. The first-order chi connectivity index (χ1) is 16.4. The molecule has 5 atom stereocenters. The summed E-state index contributed by atoms with van der Waals surface area (Å²) < 4.78 is 10.8. The Morgan fingerprint density at radius 1 is 1.15 bits per heavy atom. The lowest BCUT2D eigenvalue weighted by Gasteiger charge is -2.30. The number of hydrogen-bond donors (Lipinski definition) is 3. The van der Waals surface area contributed by atoms with E-state index in [0.29, 0.717) is 34.7 Å². The van der Waals surface area contributed by atoms with Crippen molar-refractivity contribution in [2.75, 3.05) is 12.1 Å². The summed E-state index contributed by atoms with van der Waals surface area (Å²) in [6.45, 7) is 3.74. The lowest BCUT2D eigenvalue weighted by atomic mass is 9.76. The summed E-state index contributed by atoms with van der Waals surface area (Å²) in [5, 5.41) is 16.7. The van der Waals surface area contributed by atoms with Gasteiger partial charge >= 0.3 is 0 Å². The predicted octanol–water partition coefficient (Wildman–Crippen LogP) is 1.28. The largest absolute Gasteiger partial charge is 0.454 e. The van der Waals surface area contributed by atoms with Gasteiger partial charge in [-0.15, -0.1) is 0 Å². The van der Waals surface area contributed by atoms with Gasteiger partial charge in [0.05, 0.1) is 24.5 Å². The summed E-state index contributed by atoms with van der Waals surface area (Å²) in [5.74, 6) is -1.82. The monoisotopic (exact) mass is 463 g/mol. The molecule has 34 heavy (non-hydrogen) atoms. The third kappa shape index (κ3) is 2.65. The Hall–Kier alpha value is -3.43. The van der Waals surface area contributed by atoms with Crippen LogP contribution in [0.2, 0.25) is 0 Å². The van der Waals surface area contributed by atoms with Crippen LogP contribution in [0.5, 0.6) is 11.5 Å². The van der Waals surface area contributed by atoms with E-state index in [1.807, 2.05) is 25.1 Å². The van der Waals surface area contributed by atoms with Crippen LogP contribution in [0.15, 0.2) is 36.4 Å². The molecule has 0 saturated carbocycles. The van der Waals surface area contributed by atoms with Gasteiger partial charge in [0.15, 0.2) is 11.5 Å². The molecule has 3 amide bonds. The van der Waals surface area contributed by atoms with Crippen molar-refractivity contribution >= 4 is 23.4 Å². The molecular formula is C25H25N3O6. The van der Waals surface area contributed by atoms with Crippen molar-refractivity contribution in [3.05, 3.63) is 53.1 Å². The SMILES string of the molecule is CCc1cccc2c1NC(=O)[C@@]21N[C@@H]([C@@H](C)O)[C@H]2C(=O)N(Cc3ccc4c(c3)OCO4)C(=O)[C@H]21. The highest BCUT2D eigenvalue weighted by Crippen LogP contribution is 2.54. The predicted molar refractivity (Wildman–Crippen MR) is 120 cm³/mol. The van der Waals surface area contributed by atoms with Crippen LogP contribution in [-0.4, -0.2) is 46.7 Å². The fourth-order valence-corrected chi connectivity index (χ4v) is 5.97. The topological polar surface area (TPSA) is 117 Å². The van der Waals surface area contributed by atoms with E-state index in [1.54, 1.807) is 25.1 Å². The van der Waals surface area contributed by atoms with Gasteiger partial charge in [-0.2, -0.15) is 0 Å². The average Bonchev–Trinajstić information content (AvgIpc) is 3.55. The van der Waals surface area contributed by atoms with Gasteiger partial charge in [-0.05, 0) is 36.6 Å². The van der Waals surface area contributed by atoms with Gasteiger partial charge in [0.2, 0.25) is 24.5 Å². The molecule has 2 aromatic rings. The Morgan fingerprint density at radius 3 is 2.71 bits per heavy atom. The van der Waals surface area contributed by atoms with E-state index >= 15 is 0 Å². The number of para-hydroxylation sites is 1. The zero-order valence-corrected chi connectivity index (χ0v) is 18.8. The normalized spacial score (nSPS) is 29.6. The van der Waals surface area contributed by atoms with Crippen LogP contribution < -0.4 is 20.1 Å². The first kappa shape index (κ1) is 21.1. The highest BCUT2D eigenvalue weighted by molar-refractivity contribution is 6.15. The summed E-state index contributed by atoms with van der Waals surface area (Å²) in [5.41, 5.74) is 1.59. The molecule has 4 aliphatic heterocycles. The van der Waals surface area contributed by atoms with E-state index in [4.69, 9.17) is 9.47 Å². The quantitative estimate of drug-likeness (QED) is 0.585. The van der Waals surface area contributed by atoms with E-state index in [9.17, 15) is 19.5 Å². The van der Waals surface area contributed by atoms with Crippen molar-refractivity contribution < 1.29 is 29.0 Å². The second-order valence-electron chi connectivity index (χ2n) is 9.32. The number of aryl methyl sites for hydroxylation is 1. The number of nitrogens with one attached hydrogen (secondary N) is 2. The summed E-state index contributed by atoms with van der Waals surface area (Å²) in [4.78, 5) is 42.1. The van der Waals surface area contributed by atoms with Gasteiger partial charge < -0.3 is 19.9 Å². The zero-order chi connectivity index (χ0) is 23.8. The van der Waals surface area contributed by atoms with Crippen LogP contribution in [-0.2, 0) is 32.9 Å². The van der Waals surface area contributed by atoms with Crippen molar-refractivity contribution in [1.82, 2.24) is 10.2 Å². The molecule has 9 heteroatoms. The average molecular weight is 463 g/mol. The summed E-state index contributed by atoms with van der Waals surface area (Å²) in [6.07, 6.45) is -0.239. The molecule has 0 unspecified atom stereocenters. The molecule has 0 aliphatic carbocycles. The number of nitrogens with zero attached hydrogens (tertiary/aromatic N) is 1. The molecule has 0 radical (unpaired) electrons. The lowest BCUT2D eigenvalue weighted by molar-refractivity contribution is -0.143. The Bertz CT molecular complexity index is 1240. The number of aliphatic hydroxyl groups excluding tert-OH is 1. The minimum Gasteiger partial charge on any atom is -0.454 e.